The molecule has 1 heterocycles. The predicted octanol–water partition coefficient (Wildman–Crippen LogP) is 1.49. The summed E-state index contributed by atoms with van der Waals surface area (Å²) in [6.07, 6.45) is 3.80. The predicted molar refractivity (Wildman–Crippen MR) is 80.9 cm³/mol. The summed E-state index contributed by atoms with van der Waals surface area (Å²) in [6, 6.07) is 7.24. The highest BCUT2D eigenvalue weighted by Gasteiger charge is 2.29. The van der Waals surface area contributed by atoms with Crippen LogP contribution in [0.1, 0.15) is 25.7 Å². The summed E-state index contributed by atoms with van der Waals surface area (Å²) in [7, 11) is 0. The Morgan fingerprint density at radius 3 is 2.57 bits per heavy atom. The summed E-state index contributed by atoms with van der Waals surface area (Å²) in [5, 5.41) is 22.9. The second-order valence-electron chi connectivity index (χ2n) is 5.68. The van der Waals surface area contributed by atoms with Crippen LogP contribution in [0.3, 0.4) is 0 Å². The fourth-order valence-corrected chi connectivity index (χ4v) is 2.85. The van der Waals surface area contributed by atoms with Crippen LogP contribution in [0, 0.1) is 11.8 Å². The number of amides is 1. The van der Waals surface area contributed by atoms with Gasteiger partial charge in [0.1, 0.15) is 6.33 Å². The van der Waals surface area contributed by atoms with Gasteiger partial charge in [-0.25, -0.2) is 4.68 Å². The maximum absolute atomic E-state index is 12.3. The van der Waals surface area contributed by atoms with Crippen LogP contribution in [0.2, 0.25) is 0 Å². The number of tetrazole rings is 1. The zero-order chi connectivity index (χ0) is 16.2. The molecule has 1 aliphatic rings. The lowest BCUT2D eigenvalue weighted by atomic mass is 9.81. The van der Waals surface area contributed by atoms with E-state index in [0.29, 0.717) is 31.4 Å². The van der Waals surface area contributed by atoms with Gasteiger partial charge in [0.2, 0.25) is 5.91 Å². The largest absolute Gasteiger partial charge is 0.481 e. The van der Waals surface area contributed by atoms with Crippen molar-refractivity contribution in [3.05, 3.63) is 30.6 Å². The molecule has 3 rings (SSSR count). The van der Waals surface area contributed by atoms with Crippen LogP contribution >= 0.6 is 0 Å². The Hall–Kier alpha value is -2.77. The normalized spacial score (nSPS) is 20.9. The Morgan fingerprint density at radius 1 is 1.17 bits per heavy atom. The third kappa shape index (κ3) is 3.53. The number of benzene rings is 1. The molecule has 1 amide bonds. The van der Waals surface area contributed by atoms with Crippen LogP contribution in [0.4, 0.5) is 5.69 Å². The number of carboxylic acids is 1. The topological polar surface area (TPSA) is 110 Å². The zero-order valence-electron chi connectivity index (χ0n) is 12.4. The molecule has 0 atom stereocenters. The molecule has 0 radical (unpaired) electrons. The molecular formula is C15H17N5O3. The highest BCUT2D eigenvalue weighted by Crippen LogP contribution is 2.30. The van der Waals surface area contributed by atoms with Crippen molar-refractivity contribution in [2.24, 2.45) is 11.8 Å². The van der Waals surface area contributed by atoms with E-state index in [1.54, 1.807) is 12.1 Å². The number of rotatable bonds is 4. The number of hydrogen-bond donors (Lipinski definition) is 2. The van der Waals surface area contributed by atoms with Crippen molar-refractivity contribution < 1.29 is 14.7 Å². The maximum Gasteiger partial charge on any atom is 0.306 e. The number of anilines is 1. The van der Waals surface area contributed by atoms with Gasteiger partial charge in [0.05, 0.1) is 11.6 Å². The van der Waals surface area contributed by atoms with Crippen molar-refractivity contribution in [1.29, 1.82) is 0 Å². The van der Waals surface area contributed by atoms with Gasteiger partial charge in [-0.3, -0.25) is 9.59 Å². The fraction of sp³-hybridized carbons (Fsp3) is 0.400. The van der Waals surface area contributed by atoms with Crippen LogP contribution in [-0.4, -0.2) is 37.2 Å². The molecule has 8 heteroatoms. The lowest BCUT2D eigenvalue weighted by Gasteiger charge is -2.25. The van der Waals surface area contributed by atoms with E-state index in [0.717, 1.165) is 5.69 Å². The van der Waals surface area contributed by atoms with Crippen molar-refractivity contribution in [2.75, 3.05) is 5.32 Å². The van der Waals surface area contributed by atoms with Gasteiger partial charge in [-0.2, -0.15) is 0 Å². The number of carboxylic acid groups (broad SMARTS) is 1. The number of carbonyl (C=O) groups excluding carboxylic acids is 1. The molecule has 8 nitrogen and oxygen atoms in total. The van der Waals surface area contributed by atoms with Crippen molar-refractivity contribution in [2.45, 2.75) is 25.7 Å². The van der Waals surface area contributed by atoms with Crippen molar-refractivity contribution in [3.63, 3.8) is 0 Å². The van der Waals surface area contributed by atoms with Crippen LogP contribution in [-0.2, 0) is 9.59 Å². The van der Waals surface area contributed by atoms with E-state index >= 15 is 0 Å². The molecule has 0 aliphatic heterocycles. The Kier molecular flexibility index (Phi) is 4.31. The lowest BCUT2D eigenvalue weighted by molar-refractivity contribution is -0.143. The molecule has 120 valence electrons. The quantitative estimate of drug-likeness (QED) is 0.884. The van der Waals surface area contributed by atoms with Crippen LogP contribution < -0.4 is 5.32 Å². The lowest BCUT2D eigenvalue weighted by Crippen LogP contribution is -2.29. The van der Waals surface area contributed by atoms with Crippen LogP contribution in [0.15, 0.2) is 30.6 Å². The first kappa shape index (κ1) is 15.1. The summed E-state index contributed by atoms with van der Waals surface area (Å²) < 4.78 is 1.51. The SMILES string of the molecule is O=C(O)C1CCC(C(=O)Nc2cccc(-n3cnnn3)c2)CC1. The fourth-order valence-electron chi connectivity index (χ4n) is 2.85. The number of carbonyl (C=O) groups is 2. The van der Waals surface area contributed by atoms with E-state index in [9.17, 15) is 9.59 Å². The first-order valence-electron chi connectivity index (χ1n) is 7.50. The molecule has 1 fully saturated rings. The number of nitrogens with zero attached hydrogens (tertiary/aromatic N) is 4. The number of nitrogens with one attached hydrogen (secondary N) is 1. The van der Waals surface area contributed by atoms with E-state index < -0.39 is 5.97 Å². The van der Waals surface area contributed by atoms with Crippen molar-refractivity contribution >= 4 is 17.6 Å². The van der Waals surface area contributed by atoms with E-state index in [1.807, 2.05) is 12.1 Å². The third-order valence-electron chi connectivity index (χ3n) is 4.17. The van der Waals surface area contributed by atoms with Gasteiger partial charge in [-0.05, 0) is 54.3 Å². The second kappa shape index (κ2) is 6.55. The summed E-state index contributed by atoms with van der Waals surface area (Å²) in [6.45, 7) is 0. The Bertz CT molecular complexity index is 693. The molecule has 0 unspecified atom stereocenters. The Labute approximate surface area is 132 Å². The van der Waals surface area contributed by atoms with Gasteiger partial charge in [0, 0.05) is 11.6 Å². The summed E-state index contributed by atoms with van der Waals surface area (Å²) >= 11 is 0. The molecule has 23 heavy (non-hydrogen) atoms. The smallest absolute Gasteiger partial charge is 0.306 e. The molecule has 0 bridgehead atoms. The minimum Gasteiger partial charge on any atom is -0.481 e. The molecular weight excluding hydrogens is 298 g/mol. The van der Waals surface area contributed by atoms with E-state index in [-0.39, 0.29) is 17.7 Å². The summed E-state index contributed by atoms with van der Waals surface area (Å²) in [5.74, 6) is -1.29. The molecule has 1 aromatic carbocycles. The average molecular weight is 315 g/mol. The standard InChI is InChI=1S/C15H17N5O3/c21-14(10-4-6-11(7-5-10)15(22)23)17-12-2-1-3-13(8-12)20-9-16-18-19-20/h1-3,8-11H,4-7H2,(H,17,21)(H,22,23). The zero-order valence-corrected chi connectivity index (χ0v) is 12.4. The highest BCUT2D eigenvalue weighted by molar-refractivity contribution is 5.93. The van der Waals surface area contributed by atoms with Gasteiger partial charge in [-0.15, -0.1) is 5.10 Å². The summed E-state index contributed by atoms with van der Waals surface area (Å²) in [5.41, 5.74) is 1.42. The molecule has 1 aromatic heterocycles. The molecule has 1 aliphatic carbocycles. The van der Waals surface area contributed by atoms with E-state index in [4.69, 9.17) is 5.11 Å². The minimum absolute atomic E-state index is 0.0669. The van der Waals surface area contributed by atoms with Gasteiger partial charge in [0.25, 0.3) is 0 Å². The molecule has 0 spiro atoms. The minimum atomic E-state index is -0.766. The van der Waals surface area contributed by atoms with Crippen molar-refractivity contribution in [1.82, 2.24) is 20.2 Å². The van der Waals surface area contributed by atoms with Crippen LogP contribution in [0.5, 0.6) is 0 Å². The highest BCUT2D eigenvalue weighted by atomic mass is 16.4. The monoisotopic (exact) mass is 315 g/mol. The average Bonchev–Trinajstić information content (AvgIpc) is 3.10. The first-order chi connectivity index (χ1) is 11.1. The molecule has 2 N–H and O–H groups in total. The Balaban J connectivity index is 1.62. The second-order valence-corrected chi connectivity index (χ2v) is 5.68. The van der Waals surface area contributed by atoms with E-state index in [1.165, 1.54) is 11.0 Å². The Morgan fingerprint density at radius 2 is 1.91 bits per heavy atom. The van der Waals surface area contributed by atoms with Crippen LogP contribution in [0.25, 0.3) is 5.69 Å². The molecule has 2 aromatic rings. The summed E-state index contributed by atoms with van der Waals surface area (Å²) in [4.78, 5) is 23.3. The van der Waals surface area contributed by atoms with Gasteiger partial charge in [-0.1, -0.05) is 6.07 Å². The van der Waals surface area contributed by atoms with Gasteiger partial charge in [0.15, 0.2) is 0 Å². The maximum atomic E-state index is 12.3. The first-order valence-corrected chi connectivity index (χ1v) is 7.50. The molecule has 0 saturated heterocycles. The van der Waals surface area contributed by atoms with Gasteiger partial charge >= 0.3 is 5.97 Å². The van der Waals surface area contributed by atoms with Crippen molar-refractivity contribution in [3.8, 4) is 5.69 Å². The number of hydrogen-bond acceptors (Lipinski definition) is 5. The van der Waals surface area contributed by atoms with E-state index in [2.05, 4.69) is 20.8 Å². The molecule has 1 saturated carbocycles. The number of aliphatic carboxylic acids is 1. The third-order valence-corrected chi connectivity index (χ3v) is 4.17. The van der Waals surface area contributed by atoms with Gasteiger partial charge < -0.3 is 10.4 Å². The number of aromatic nitrogens is 4.